The van der Waals surface area contributed by atoms with Crippen LogP contribution in [0.4, 0.5) is 67.2 Å². The van der Waals surface area contributed by atoms with Gasteiger partial charge in [-0.1, -0.05) is 0 Å². The maximum absolute atomic E-state index is 14.2. The van der Waals surface area contributed by atoms with Gasteiger partial charge in [0, 0.05) is 18.2 Å². The Balaban J connectivity index is 4.16. The van der Waals surface area contributed by atoms with E-state index >= 15 is 0 Å². The molecule has 0 aromatic heterocycles. The number of rotatable bonds is 6. The van der Waals surface area contributed by atoms with Gasteiger partial charge in [-0.3, -0.25) is 4.79 Å². The molecule has 4 nitrogen and oxygen atoms in total. The lowest BCUT2D eigenvalue weighted by Gasteiger charge is -2.33. The molecule has 0 radical (unpaired) electrons. The maximum atomic E-state index is 14.2. The largest absolute Gasteiger partial charge is 0.489 e. The van der Waals surface area contributed by atoms with E-state index in [2.05, 4.69) is 0 Å². The Morgan fingerprint density at radius 3 is 1.39 bits per heavy atom. The van der Waals surface area contributed by atoms with Crippen LogP contribution in [0, 0.1) is 0 Å². The molecule has 1 aromatic rings. The van der Waals surface area contributed by atoms with Crippen LogP contribution in [0.3, 0.4) is 0 Å². The zero-order valence-electron chi connectivity index (χ0n) is 15.3. The molecule has 0 aliphatic heterocycles. The summed E-state index contributed by atoms with van der Waals surface area (Å²) in [5.74, 6) is -29.2. The lowest BCUT2D eigenvalue weighted by molar-refractivity contribution is -0.360. The van der Waals surface area contributed by atoms with Gasteiger partial charge in [0.25, 0.3) is 0 Å². The molecule has 0 atom stereocenters. The van der Waals surface area contributed by atoms with E-state index < -0.39 is 83.5 Å². The van der Waals surface area contributed by atoms with Crippen LogP contribution < -0.4 is 10.8 Å². The topological polar surface area (TPSA) is 69.6 Å². The number of hydrogen-bond acceptors (Lipinski definition) is 3. The van der Waals surface area contributed by atoms with Gasteiger partial charge in [-0.05, 0) is 17.6 Å². The van der Waals surface area contributed by atoms with E-state index in [-0.39, 0.29) is 0 Å². The second kappa shape index (κ2) is 8.17. The average Bonchev–Trinajstić information content (AvgIpc) is 2.58. The van der Waals surface area contributed by atoms with Crippen molar-refractivity contribution in [3.8, 4) is 0 Å². The molecule has 0 unspecified atom stereocenters. The molecular weight excluding hydrogens is 507 g/mol. The van der Waals surface area contributed by atoms with Gasteiger partial charge in [-0.15, -0.1) is 0 Å². The van der Waals surface area contributed by atoms with Gasteiger partial charge >= 0.3 is 43.2 Å². The van der Waals surface area contributed by atoms with Crippen LogP contribution in [0.2, 0.25) is 0 Å². The summed E-state index contributed by atoms with van der Waals surface area (Å²) in [7, 11) is -3.48. The molecule has 0 bridgehead atoms. The van der Waals surface area contributed by atoms with Crippen molar-refractivity contribution in [2.24, 2.45) is 0 Å². The predicted molar refractivity (Wildman–Crippen MR) is 80.4 cm³/mol. The minimum atomic E-state index is -7.17. The van der Waals surface area contributed by atoms with E-state index in [0.717, 1.165) is 5.32 Å². The van der Waals surface area contributed by atoms with Gasteiger partial charge in [-0.25, -0.2) is 0 Å². The van der Waals surface area contributed by atoms with Crippen LogP contribution >= 0.6 is 0 Å². The second-order valence-corrected chi connectivity index (χ2v) is 6.33. The summed E-state index contributed by atoms with van der Waals surface area (Å²) in [6.45, 7) is 0.416. The third-order valence-corrected chi connectivity index (χ3v) is 3.96. The number of hydrogen-bond donors (Lipinski definition) is 3. The highest BCUT2D eigenvalue weighted by Crippen LogP contribution is 2.56. The van der Waals surface area contributed by atoms with Crippen molar-refractivity contribution in [2.45, 2.75) is 43.0 Å². The highest BCUT2D eigenvalue weighted by Gasteiger charge is 2.76. The normalized spacial score (nSPS) is 14.3. The van der Waals surface area contributed by atoms with E-state index in [1.807, 2.05) is 0 Å². The maximum Gasteiger partial charge on any atom is 0.489 e. The zero-order valence-corrected chi connectivity index (χ0v) is 15.3. The Morgan fingerprint density at radius 1 is 0.727 bits per heavy atom. The summed E-state index contributed by atoms with van der Waals surface area (Å²) in [4.78, 5) is 11.1. The van der Waals surface area contributed by atoms with Gasteiger partial charge in [0.1, 0.15) is 0 Å². The van der Waals surface area contributed by atoms with Crippen molar-refractivity contribution in [3.63, 3.8) is 0 Å². The highest BCUT2D eigenvalue weighted by molar-refractivity contribution is 6.59. The Morgan fingerprint density at radius 2 is 1.09 bits per heavy atom. The SMILES string of the molecule is CC(=O)Nc1cc(B(O)O)c(C(F)(F)C(F)(F)C(F)(F)F)cc1C(F)(F)C(F)(F)C(F)(F)F. The lowest BCUT2D eigenvalue weighted by Crippen LogP contribution is -2.54. The summed E-state index contributed by atoms with van der Waals surface area (Å²) in [5.41, 5.74) is -10.2. The Labute approximate surface area is 173 Å². The Kier molecular flexibility index (Phi) is 7.12. The molecule has 0 fully saturated rings. The third kappa shape index (κ3) is 4.69. The van der Waals surface area contributed by atoms with Crippen LogP contribution in [0.15, 0.2) is 12.1 Å². The number of benzene rings is 1. The van der Waals surface area contributed by atoms with E-state index in [1.165, 1.54) is 0 Å². The first-order chi connectivity index (χ1) is 14.3. The van der Waals surface area contributed by atoms with Crippen molar-refractivity contribution in [3.05, 3.63) is 23.3 Å². The molecule has 33 heavy (non-hydrogen) atoms. The van der Waals surface area contributed by atoms with Crippen LogP contribution in [-0.4, -0.2) is 47.3 Å². The van der Waals surface area contributed by atoms with Gasteiger partial charge in [-0.2, -0.15) is 61.5 Å². The van der Waals surface area contributed by atoms with Crippen molar-refractivity contribution in [1.82, 2.24) is 0 Å². The fraction of sp³-hybridized carbons (Fsp3) is 0.500. The van der Waals surface area contributed by atoms with Crippen LogP contribution in [-0.2, 0) is 16.6 Å². The number of nitrogens with one attached hydrogen (secondary N) is 1. The molecular formula is C14H8BF14NO3. The van der Waals surface area contributed by atoms with Crippen molar-refractivity contribution >= 4 is 24.2 Å². The molecule has 1 amide bonds. The first-order valence-electron chi connectivity index (χ1n) is 7.81. The first kappa shape index (κ1) is 28.7. The summed E-state index contributed by atoms with van der Waals surface area (Å²) < 4.78 is 185. The molecule has 0 spiro atoms. The molecule has 0 saturated heterocycles. The van der Waals surface area contributed by atoms with E-state index in [1.54, 1.807) is 0 Å². The average molecular weight is 515 g/mol. The molecule has 1 aromatic carbocycles. The van der Waals surface area contributed by atoms with E-state index in [4.69, 9.17) is 10.0 Å². The molecule has 0 saturated carbocycles. The van der Waals surface area contributed by atoms with Gasteiger partial charge in [0.2, 0.25) is 5.91 Å². The minimum Gasteiger partial charge on any atom is -0.423 e. The third-order valence-electron chi connectivity index (χ3n) is 3.96. The van der Waals surface area contributed by atoms with Crippen molar-refractivity contribution in [2.75, 3.05) is 5.32 Å². The van der Waals surface area contributed by atoms with Crippen LogP contribution in [0.1, 0.15) is 18.1 Å². The van der Waals surface area contributed by atoms with Crippen LogP contribution in [0.5, 0.6) is 0 Å². The smallest absolute Gasteiger partial charge is 0.423 e. The number of halogens is 14. The fourth-order valence-corrected chi connectivity index (χ4v) is 2.35. The molecule has 19 heteroatoms. The van der Waals surface area contributed by atoms with Gasteiger partial charge in [0.15, 0.2) is 0 Å². The fourth-order valence-electron chi connectivity index (χ4n) is 2.35. The molecule has 188 valence electrons. The summed E-state index contributed by atoms with van der Waals surface area (Å²) in [6.07, 6.45) is -14.2. The highest BCUT2D eigenvalue weighted by atomic mass is 19.4. The van der Waals surface area contributed by atoms with Crippen LogP contribution in [0.25, 0.3) is 0 Å². The summed E-state index contributed by atoms with van der Waals surface area (Å²) in [5, 5.41) is 19.2. The van der Waals surface area contributed by atoms with E-state index in [0.29, 0.717) is 6.92 Å². The summed E-state index contributed by atoms with van der Waals surface area (Å²) >= 11 is 0. The standard InChI is InChI=1S/C14H8BF14NO3/c1-4(31)30-8-3-7(15(32)33)5(9(16,17)11(20,21)13(24,25)26)2-6(8)10(18,19)12(22,23)14(27,28)29/h2-3,32-33H,1H3,(H,30,31). The van der Waals surface area contributed by atoms with E-state index in [9.17, 15) is 66.3 Å². The van der Waals surface area contributed by atoms with Crippen molar-refractivity contribution < 1.29 is 76.3 Å². The monoisotopic (exact) mass is 515 g/mol. The number of alkyl halides is 14. The van der Waals surface area contributed by atoms with Crippen molar-refractivity contribution in [1.29, 1.82) is 0 Å². The number of carbonyl (C=O) groups excluding carboxylic acids is 1. The molecule has 1 rings (SSSR count). The number of carbonyl (C=O) groups is 1. The van der Waals surface area contributed by atoms with Gasteiger partial charge < -0.3 is 15.4 Å². The lowest BCUT2D eigenvalue weighted by atomic mass is 9.73. The predicted octanol–water partition coefficient (Wildman–Crippen LogP) is 3.90. The molecule has 3 N–H and O–H groups in total. The van der Waals surface area contributed by atoms with Gasteiger partial charge in [0.05, 0.1) is 5.56 Å². The quantitative estimate of drug-likeness (QED) is 0.398. The zero-order chi connectivity index (χ0) is 26.6. The first-order valence-corrected chi connectivity index (χ1v) is 7.81. The molecule has 0 heterocycles. The minimum absolute atomic E-state index is 0.416. The number of anilines is 1. The number of amides is 1. The molecule has 0 aliphatic carbocycles. The summed E-state index contributed by atoms with van der Waals surface area (Å²) in [6, 6.07) is -1.92. The second-order valence-electron chi connectivity index (χ2n) is 6.33. The Hall–Kier alpha value is -2.31. The Bertz CT molecular complexity index is 910. The molecule has 0 aliphatic rings.